The Labute approximate surface area is 169 Å². The van der Waals surface area contributed by atoms with Gasteiger partial charge in [0.1, 0.15) is 0 Å². The number of esters is 1. The van der Waals surface area contributed by atoms with Gasteiger partial charge in [0.2, 0.25) is 5.91 Å². The summed E-state index contributed by atoms with van der Waals surface area (Å²) < 4.78 is 5.29. The normalized spacial score (nSPS) is 15.0. The highest BCUT2D eigenvalue weighted by molar-refractivity contribution is 6.30. The van der Waals surface area contributed by atoms with E-state index in [4.69, 9.17) is 16.3 Å². The third-order valence-electron chi connectivity index (χ3n) is 5.07. The minimum atomic E-state index is -0.751. The number of ether oxygens (including phenoxy) is 1. The van der Waals surface area contributed by atoms with Crippen LogP contribution in [0.1, 0.15) is 36.8 Å². The van der Waals surface area contributed by atoms with E-state index in [1.807, 2.05) is 30.3 Å². The summed E-state index contributed by atoms with van der Waals surface area (Å²) >= 11 is 5.95. The molecular weight excluding hydrogens is 378 g/mol. The molecule has 3 rings (SSSR count). The molecule has 0 atom stereocenters. The molecule has 0 aliphatic heterocycles. The Bertz CT molecular complexity index is 843. The minimum Gasteiger partial charge on any atom is -0.455 e. The first kappa shape index (κ1) is 20.1. The van der Waals surface area contributed by atoms with Crippen molar-refractivity contribution in [3.63, 3.8) is 0 Å². The van der Waals surface area contributed by atoms with E-state index in [0.717, 1.165) is 24.0 Å². The Morgan fingerprint density at radius 3 is 2.21 bits per heavy atom. The van der Waals surface area contributed by atoms with Gasteiger partial charge in [-0.25, -0.2) is 0 Å². The van der Waals surface area contributed by atoms with Crippen molar-refractivity contribution in [2.24, 2.45) is 0 Å². The second-order valence-corrected chi connectivity index (χ2v) is 7.44. The van der Waals surface area contributed by atoms with Gasteiger partial charge in [0.25, 0.3) is 5.91 Å². The lowest BCUT2D eigenvalue weighted by atomic mass is 9.79. The van der Waals surface area contributed by atoms with E-state index in [1.165, 1.54) is 0 Å². The topological polar surface area (TPSA) is 72.5 Å². The molecule has 6 heteroatoms. The number of carbonyl (C=O) groups is 3. The average molecular weight is 400 g/mol. The Balaban J connectivity index is 1.56. The number of amides is 2. The summed E-state index contributed by atoms with van der Waals surface area (Å²) in [5, 5.41) is 2.86. The molecule has 2 aromatic carbocycles. The molecular formula is C22H22ClNO4. The fourth-order valence-corrected chi connectivity index (χ4v) is 3.77. The van der Waals surface area contributed by atoms with Gasteiger partial charge in [-0.05, 0) is 36.1 Å². The first-order valence-electron chi connectivity index (χ1n) is 9.29. The maximum Gasteiger partial charge on any atom is 0.317 e. The van der Waals surface area contributed by atoms with Crippen LogP contribution in [0.5, 0.6) is 0 Å². The zero-order valence-corrected chi connectivity index (χ0v) is 16.2. The van der Waals surface area contributed by atoms with E-state index in [2.05, 4.69) is 5.32 Å². The quantitative estimate of drug-likeness (QED) is 0.753. The average Bonchev–Trinajstić information content (AvgIpc) is 3.18. The van der Waals surface area contributed by atoms with Crippen molar-refractivity contribution in [3.8, 4) is 0 Å². The van der Waals surface area contributed by atoms with Crippen LogP contribution in [0.2, 0.25) is 5.02 Å². The Kier molecular flexibility index (Phi) is 6.47. The molecule has 1 N–H and O–H groups in total. The molecule has 0 spiro atoms. The van der Waals surface area contributed by atoms with E-state index >= 15 is 0 Å². The van der Waals surface area contributed by atoms with E-state index in [9.17, 15) is 14.4 Å². The summed E-state index contributed by atoms with van der Waals surface area (Å²) in [5.41, 5.74) is 0.899. The Morgan fingerprint density at radius 1 is 0.929 bits per heavy atom. The van der Waals surface area contributed by atoms with Gasteiger partial charge >= 0.3 is 5.97 Å². The van der Waals surface area contributed by atoms with E-state index in [-0.39, 0.29) is 6.42 Å². The molecule has 5 nitrogen and oxygen atoms in total. The summed E-state index contributed by atoms with van der Waals surface area (Å²) in [4.78, 5) is 36.8. The van der Waals surface area contributed by atoms with Gasteiger partial charge in [-0.3, -0.25) is 19.7 Å². The fraction of sp³-hybridized carbons (Fsp3) is 0.318. The number of rotatable bonds is 6. The van der Waals surface area contributed by atoms with Crippen LogP contribution in [-0.2, 0) is 31.0 Å². The second-order valence-electron chi connectivity index (χ2n) is 7.01. The molecule has 0 heterocycles. The zero-order valence-electron chi connectivity index (χ0n) is 15.4. The monoisotopic (exact) mass is 399 g/mol. The molecule has 28 heavy (non-hydrogen) atoms. The van der Waals surface area contributed by atoms with Crippen molar-refractivity contribution < 1.29 is 19.1 Å². The lowest BCUT2D eigenvalue weighted by Crippen LogP contribution is -2.39. The molecule has 1 aliphatic rings. The predicted molar refractivity (Wildman–Crippen MR) is 106 cm³/mol. The maximum absolute atomic E-state index is 12.8. The van der Waals surface area contributed by atoms with Crippen LogP contribution in [-0.4, -0.2) is 24.4 Å². The molecule has 1 saturated carbocycles. The third-order valence-corrected chi connectivity index (χ3v) is 5.32. The first-order chi connectivity index (χ1) is 13.5. The lowest BCUT2D eigenvalue weighted by molar-refractivity contribution is -0.155. The molecule has 0 unspecified atom stereocenters. The van der Waals surface area contributed by atoms with Gasteiger partial charge in [-0.1, -0.05) is 66.9 Å². The summed E-state index contributed by atoms with van der Waals surface area (Å²) in [6, 6.07) is 16.3. The van der Waals surface area contributed by atoms with Crippen molar-refractivity contribution in [2.45, 2.75) is 37.5 Å². The zero-order chi connectivity index (χ0) is 20.0. The largest absolute Gasteiger partial charge is 0.455 e. The van der Waals surface area contributed by atoms with Gasteiger partial charge in [0.15, 0.2) is 6.61 Å². The highest BCUT2D eigenvalue weighted by atomic mass is 35.5. The fourth-order valence-electron chi connectivity index (χ4n) is 3.64. The van der Waals surface area contributed by atoms with Gasteiger partial charge in [-0.2, -0.15) is 0 Å². The number of halogens is 1. The van der Waals surface area contributed by atoms with E-state index < -0.39 is 29.8 Å². The highest BCUT2D eigenvalue weighted by Gasteiger charge is 2.44. The van der Waals surface area contributed by atoms with Gasteiger partial charge in [-0.15, -0.1) is 0 Å². The van der Waals surface area contributed by atoms with Crippen molar-refractivity contribution >= 4 is 29.4 Å². The molecule has 2 amide bonds. The molecule has 0 bridgehead atoms. The number of imide groups is 1. The van der Waals surface area contributed by atoms with Gasteiger partial charge < -0.3 is 4.74 Å². The van der Waals surface area contributed by atoms with Gasteiger partial charge in [0.05, 0.1) is 11.8 Å². The number of hydrogen-bond acceptors (Lipinski definition) is 4. The van der Waals surface area contributed by atoms with Crippen LogP contribution in [0.4, 0.5) is 0 Å². The van der Waals surface area contributed by atoms with Crippen LogP contribution in [0.3, 0.4) is 0 Å². The van der Waals surface area contributed by atoms with Crippen molar-refractivity contribution in [3.05, 3.63) is 70.7 Å². The maximum atomic E-state index is 12.8. The molecule has 146 valence electrons. The van der Waals surface area contributed by atoms with E-state index in [1.54, 1.807) is 24.3 Å². The molecule has 1 fully saturated rings. The second kappa shape index (κ2) is 9.02. The van der Waals surface area contributed by atoms with E-state index in [0.29, 0.717) is 17.9 Å². The molecule has 0 saturated heterocycles. The highest BCUT2D eigenvalue weighted by Crippen LogP contribution is 2.42. The summed E-state index contributed by atoms with van der Waals surface area (Å²) in [5.74, 6) is -1.49. The van der Waals surface area contributed by atoms with Gasteiger partial charge in [0, 0.05) is 5.02 Å². The Hall–Kier alpha value is -2.66. The summed E-state index contributed by atoms with van der Waals surface area (Å²) in [6.45, 7) is -0.477. The van der Waals surface area contributed by atoms with Crippen molar-refractivity contribution in [1.29, 1.82) is 0 Å². The number of hydrogen-bond donors (Lipinski definition) is 1. The number of benzene rings is 2. The SMILES string of the molecule is O=C(COC(=O)C1(c2ccc(Cl)cc2)CCCC1)NC(=O)Cc1ccccc1. The molecule has 0 radical (unpaired) electrons. The lowest BCUT2D eigenvalue weighted by Gasteiger charge is -2.27. The van der Waals surface area contributed by atoms with Crippen LogP contribution in [0.25, 0.3) is 0 Å². The van der Waals surface area contributed by atoms with Crippen molar-refractivity contribution in [1.82, 2.24) is 5.32 Å². The number of carbonyl (C=O) groups excluding carboxylic acids is 3. The van der Waals surface area contributed by atoms with Crippen LogP contribution < -0.4 is 5.32 Å². The first-order valence-corrected chi connectivity index (χ1v) is 9.67. The molecule has 0 aromatic heterocycles. The smallest absolute Gasteiger partial charge is 0.317 e. The summed E-state index contributed by atoms with van der Waals surface area (Å²) in [6.07, 6.45) is 3.26. The van der Waals surface area contributed by atoms with Crippen LogP contribution >= 0.6 is 11.6 Å². The van der Waals surface area contributed by atoms with Crippen LogP contribution in [0.15, 0.2) is 54.6 Å². The molecule has 2 aromatic rings. The minimum absolute atomic E-state index is 0.0925. The third kappa shape index (κ3) is 4.78. The summed E-state index contributed by atoms with van der Waals surface area (Å²) in [7, 11) is 0. The number of nitrogens with one attached hydrogen (secondary N) is 1. The standard InChI is InChI=1S/C22H22ClNO4/c23-18-10-8-17(9-11-18)22(12-4-5-13-22)21(27)28-15-20(26)24-19(25)14-16-6-2-1-3-7-16/h1-3,6-11H,4-5,12-15H2,(H,24,25,26). The van der Waals surface area contributed by atoms with Crippen LogP contribution in [0, 0.1) is 0 Å². The molecule has 1 aliphatic carbocycles. The predicted octanol–water partition coefficient (Wildman–Crippen LogP) is 3.58. The Morgan fingerprint density at radius 2 is 1.57 bits per heavy atom. The van der Waals surface area contributed by atoms with Crippen molar-refractivity contribution in [2.75, 3.05) is 6.61 Å².